The molecule has 1 atom stereocenters. The summed E-state index contributed by atoms with van der Waals surface area (Å²) in [6.07, 6.45) is 1.96. The quantitative estimate of drug-likeness (QED) is 0.220. The maximum absolute atomic E-state index is 12.2. The van der Waals surface area contributed by atoms with Gasteiger partial charge in [-0.3, -0.25) is 9.79 Å². The van der Waals surface area contributed by atoms with E-state index in [1.165, 1.54) is 0 Å². The molecule has 2 rings (SSSR count). The fourth-order valence-electron chi connectivity index (χ4n) is 3.08. The number of aliphatic imine (C=N–C) groups is 1. The first kappa shape index (κ1) is 25.1. The minimum atomic E-state index is -0.0527. The van der Waals surface area contributed by atoms with E-state index in [1.807, 2.05) is 25.1 Å². The van der Waals surface area contributed by atoms with Gasteiger partial charge in [-0.25, -0.2) is 0 Å². The van der Waals surface area contributed by atoms with Crippen LogP contribution in [0.2, 0.25) is 0 Å². The van der Waals surface area contributed by atoms with Crippen molar-refractivity contribution in [1.82, 2.24) is 10.6 Å². The number of benzene rings is 1. The first-order chi connectivity index (χ1) is 13.0. The number of anilines is 1. The molecule has 1 aromatic rings. The first-order valence-corrected chi connectivity index (χ1v) is 9.96. The molecular weight excluding hydrogens is 539 g/mol. The second-order valence-electron chi connectivity index (χ2n) is 6.89. The SMILES string of the molecule is CN=C(NCCC(=O)Nc1ccc(Br)cc1C)NCC1(CCO)CCOC1.I. The van der Waals surface area contributed by atoms with Crippen molar-refractivity contribution in [1.29, 1.82) is 0 Å². The molecule has 0 aliphatic carbocycles. The lowest BCUT2D eigenvalue weighted by atomic mass is 9.84. The number of aryl methyl sites for hydroxylation is 1. The fraction of sp³-hybridized carbons (Fsp3) is 0.579. The summed E-state index contributed by atoms with van der Waals surface area (Å²) in [5.41, 5.74) is 1.78. The van der Waals surface area contributed by atoms with E-state index in [1.54, 1.807) is 7.05 Å². The van der Waals surface area contributed by atoms with Crippen molar-refractivity contribution in [3.05, 3.63) is 28.2 Å². The molecule has 1 aliphatic heterocycles. The zero-order valence-corrected chi connectivity index (χ0v) is 20.3. The summed E-state index contributed by atoms with van der Waals surface area (Å²) < 4.78 is 6.49. The van der Waals surface area contributed by atoms with Crippen LogP contribution in [0.15, 0.2) is 27.7 Å². The van der Waals surface area contributed by atoms with E-state index in [0.717, 1.165) is 28.8 Å². The molecule has 0 spiro atoms. The van der Waals surface area contributed by atoms with Gasteiger partial charge in [0.05, 0.1) is 6.61 Å². The van der Waals surface area contributed by atoms with Gasteiger partial charge in [0.25, 0.3) is 0 Å². The van der Waals surface area contributed by atoms with Crippen LogP contribution in [-0.2, 0) is 9.53 Å². The fourth-order valence-corrected chi connectivity index (χ4v) is 3.55. The van der Waals surface area contributed by atoms with Gasteiger partial charge in [0.15, 0.2) is 5.96 Å². The van der Waals surface area contributed by atoms with Crippen LogP contribution in [0.4, 0.5) is 5.69 Å². The number of aliphatic hydroxyl groups is 1. The molecule has 28 heavy (non-hydrogen) atoms. The van der Waals surface area contributed by atoms with Gasteiger partial charge in [-0.1, -0.05) is 15.9 Å². The summed E-state index contributed by atoms with van der Waals surface area (Å²) in [6, 6.07) is 5.76. The van der Waals surface area contributed by atoms with Crippen LogP contribution in [0.3, 0.4) is 0 Å². The Labute approximate surface area is 192 Å². The normalized spacial score (nSPS) is 19.1. The second kappa shape index (κ2) is 12.6. The van der Waals surface area contributed by atoms with Crippen molar-refractivity contribution >= 4 is 57.5 Å². The number of amides is 1. The zero-order valence-electron chi connectivity index (χ0n) is 16.4. The van der Waals surface area contributed by atoms with Crippen LogP contribution in [0.25, 0.3) is 0 Å². The standard InChI is InChI=1S/C19H29BrN4O3.HI/c1-14-11-15(20)3-4-16(14)24-17(26)5-8-22-18(21-2)23-12-19(6-9-25)7-10-27-13-19;/h3-4,11,25H,5-10,12-13H2,1-2H3,(H,24,26)(H2,21,22,23);1H. The molecule has 0 saturated carbocycles. The van der Waals surface area contributed by atoms with Gasteiger partial charge in [-0.2, -0.15) is 0 Å². The zero-order chi connectivity index (χ0) is 19.7. The number of ether oxygens (including phenoxy) is 1. The minimum Gasteiger partial charge on any atom is -0.396 e. The van der Waals surface area contributed by atoms with Crippen LogP contribution in [0, 0.1) is 12.3 Å². The van der Waals surface area contributed by atoms with Crippen LogP contribution in [-0.4, -0.2) is 56.9 Å². The summed E-state index contributed by atoms with van der Waals surface area (Å²) in [6.45, 7) is 4.63. The van der Waals surface area contributed by atoms with Crippen molar-refractivity contribution in [2.45, 2.75) is 26.2 Å². The van der Waals surface area contributed by atoms with Crippen molar-refractivity contribution < 1.29 is 14.6 Å². The highest BCUT2D eigenvalue weighted by Crippen LogP contribution is 2.31. The number of hydrogen-bond acceptors (Lipinski definition) is 4. The van der Waals surface area contributed by atoms with Crippen LogP contribution in [0.1, 0.15) is 24.8 Å². The molecule has 0 radical (unpaired) electrons. The number of aliphatic hydroxyl groups excluding tert-OH is 1. The highest BCUT2D eigenvalue weighted by Gasteiger charge is 2.34. The lowest BCUT2D eigenvalue weighted by molar-refractivity contribution is -0.116. The van der Waals surface area contributed by atoms with E-state index in [0.29, 0.717) is 38.5 Å². The van der Waals surface area contributed by atoms with E-state index in [2.05, 4.69) is 36.9 Å². The molecule has 1 amide bonds. The predicted molar refractivity (Wildman–Crippen MR) is 126 cm³/mol. The van der Waals surface area contributed by atoms with Crippen molar-refractivity contribution in [3.8, 4) is 0 Å². The van der Waals surface area contributed by atoms with Crippen molar-refractivity contribution in [3.63, 3.8) is 0 Å². The number of carbonyl (C=O) groups excluding carboxylic acids is 1. The van der Waals surface area contributed by atoms with Crippen molar-refractivity contribution in [2.75, 3.05) is 45.3 Å². The topological polar surface area (TPSA) is 95.0 Å². The van der Waals surface area contributed by atoms with Gasteiger partial charge in [0, 0.05) is 55.3 Å². The van der Waals surface area contributed by atoms with E-state index in [9.17, 15) is 9.90 Å². The maximum atomic E-state index is 12.2. The predicted octanol–water partition coefficient (Wildman–Crippen LogP) is 2.66. The summed E-state index contributed by atoms with van der Waals surface area (Å²) in [7, 11) is 1.70. The maximum Gasteiger partial charge on any atom is 0.226 e. The Kier molecular flexibility index (Phi) is 11.3. The van der Waals surface area contributed by atoms with Gasteiger partial charge in [-0.05, 0) is 43.5 Å². The average molecular weight is 569 g/mol. The summed E-state index contributed by atoms with van der Waals surface area (Å²) in [5.74, 6) is 0.594. The van der Waals surface area contributed by atoms with Crippen LogP contribution < -0.4 is 16.0 Å². The average Bonchev–Trinajstić information content (AvgIpc) is 3.09. The molecule has 0 aromatic heterocycles. The summed E-state index contributed by atoms with van der Waals surface area (Å²) in [4.78, 5) is 16.4. The molecule has 1 aliphatic rings. The third-order valence-electron chi connectivity index (χ3n) is 4.79. The number of nitrogens with one attached hydrogen (secondary N) is 3. The number of carbonyl (C=O) groups is 1. The third kappa shape index (κ3) is 7.84. The number of rotatable bonds is 8. The van der Waals surface area contributed by atoms with Gasteiger partial charge in [0.1, 0.15) is 0 Å². The molecule has 1 aromatic carbocycles. The molecule has 4 N–H and O–H groups in total. The lowest BCUT2D eigenvalue weighted by Crippen LogP contribution is -2.45. The number of guanidine groups is 1. The Balaban J connectivity index is 0.00000392. The van der Waals surface area contributed by atoms with Crippen LogP contribution in [0.5, 0.6) is 0 Å². The van der Waals surface area contributed by atoms with Gasteiger partial charge < -0.3 is 25.8 Å². The molecule has 158 valence electrons. The Hall–Kier alpha value is -0.910. The Morgan fingerprint density at radius 3 is 2.79 bits per heavy atom. The molecule has 1 saturated heterocycles. The summed E-state index contributed by atoms with van der Waals surface area (Å²) in [5, 5.41) is 18.7. The van der Waals surface area contributed by atoms with Gasteiger partial charge in [0.2, 0.25) is 5.91 Å². The largest absolute Gasteiger partial charge is 0.396 e. The molecule has 7 nitrogen and oxygen atoms in total. The number of halogens is 2. The number of nitrogens with zero attached hydrogens (tertiary/aromatic N) is 1. The second-order valence-corrected chi connectivity index (χ2v) is 7.80. The molecule has 9 heteroatoms. The van der Waals surface area contributed by atoms with E-state index in [4.69, 9.17) is 4.74 Å². The Morgan fingerprint density at radius 1 is 1.39 bits per heavy atom. The minimum absolute atomic E-state index is 0. The smallest absolute Gasteiger partial charge is 0.226 e. The Morgan fingerprint density at radius 2 is 2.18 bits per heavy atom. The highest BCUT2D eigenvalue weighted by atomic mass is 127. The molecular formula is C19H30BrIN4O3. The van der Waals surface area contributed by atoms with Gasteiger partial charge >= 0.3 is 0 Å². The summed E-state index contributed by atoms with van der Waals surface area (Å²) >= 11 is 3.42. The molecule has 1 fully saturated rings. The molecule has 0 bridgehead atoms. The molecule has 1 heterocycles. The number of hydrogen-bond donors (Lipinski definition) is 4. The van der Waals surface area contributed by atoms with Gasteiger partial charge in [-0.15, -0.1) is 24.0 Å². The molecule has 1 unspecified atom stereocenters. The first-order valence-electron chi connectivity index (χ1n) is 9.17. The van der Waals surface area contributed by atoms with Crippen LogP contribution >= 0.6 is 39.9 Å². The highest BCUT2D eigenvalue weighted by molar-refractivity contribution is 14.0. The Bertz CT molecular complexity index is 667. The van der Waals surface area contributed by atoms with E-state index < -0.39 is 0 Å². The monoisotopic (exact) mass is 568 g/mol. The van der Waals surface area contributed by atoms with E-state index >= 15 is 0 Å². The third-order valence-corrected chi connectivity index (χ3v) is 5.28. The van der Waals surface area contributed by atoms with Crippen molar-refractivity contribution in [2.24, 2.45) is 10.4 Å². The lowest BCUT2D eigenvalue weighted by Gasteiger charge is -2.27. The van der Waals surface area contributed by atoms with E-state index in [-0.39, 0.29) is 41.9 Å².